The summed E-state index contributed by atoms with van der Waals surface area (Å²) in [5.74, 6) is 0.0783. The highest BCUT2D eigenvalue weighted by atomic mass is 79.9. The Morgan fingerprint density at radius 2 is 2.24 bits per heavy atom. The highest BCUT2D eigenvalue weighted by molar-refractivity contribution is 9.10. The van der Waals surface area contributed by atoms with Gasteiger partial charge in [-0.3, -0.25) is 10.1 Å². The average Bonchev–Trinajstić information content (AvgIpc) is 3.15. The molecule has 2 N–H and O–H groups in total. The molecule has 1 aliphatic carbocycles. The molecule has 8 heteroatoms. The third kappa shape index (κ3) is 3.68. The molecular weight excluding hydrogens is 422 g/mol. The van der Waals surface area contributed by atoms with E-state index in [1.165, 1.54) is 23.3 Å². The summed E-state index contributed by atoms with van der Waals surface area (Å²) >= 11 is 10.1. The monoisotopic (exact) mass is 435 g/mol. The summed E-state index contributed by atoms with van der Waals surface area (Å²) in [7, 11) is 1.50. The third-order valence-electron chi connectivity index (χ3n) is 3.89. The number of hydrogen-bond acceptors (Lipinski definition) is 5. The Hall–Kier alpha value is -1.95. The van der Waals surface area contributed by atoms with Gasteiger partial charge in [0, 0.05) is 9.35 Å². The minimum Gasteiger partial charge on any atom is -0.496 e. The first-order valence-electron chi connectivity index (χ1n) is 7.54. The van der Waals surface area contributed by atoms with E-state index in [1.807, 2.05) is 0 Å². The van der Waals surface area contributed by atoms with Crippen molar-refractivity contribution in [1.82, 2.24) is 5.32 Å². The number of anilines is 1. The molecule has 0 radical (unpaired) electrons. The summed E-state index contributed by atoms with van der Waals surface area (Å²) < 4.78 is 5.98. The average molecular weight is 436 g/mol. The number of hydrogen-bond donors (Lipinski definition) is 2. The number of halogens is 1. The molecule has 0 unspecified atom stereocenters. The predicted molar refractivity (Wildman–Crippen MR) is 105 cm³/mol. The standard InChI is InChI=1S/C17H14BrN3O2S2/c1-23-13-6-5-9(18)7-11(13)15(22)20-17(24)21-16-12(8-19)10-3-2-4-14(10)25-16/h5-7H,2-4H2,1H3,(H2,20,21,22,24). The fourth-order valence-corrected chi connectivity index (χ4v) is 4.64. The lowest BCUT2D eigenvalue weighted by atomic mass is 10.1. The maximum Gasteiger partial charge on any atom is 0.261 e. The highest BCUT2D eigenvalue weighted by Crippen LogP contribution is 2.38. The van der Waals surface area contributed by atoms with Crippen molar-refractivity contribution in [3.63, 3.8) is 0 Å². The Kier molecular flexibility index (Phi) is 5.37. The smallest absolute Gasteiger partial charge is 0.261 e. The molecule has 0 aliphatic heterocycles. The number of benzene rings is 1. The second-order valence-corrected chi connectivity index (χ2v) is 7.86. The summed E-state index contributed by atoms with van der Waals surface area (Å²) in [5.41, 5.74) is 2.11. The van der Waals surface area contributed by atoms with Crippen LogP contribution >= 0.6 is 39.5 Å². The molecule has 0 spiro atoms. The molecule has 3 rings (SSSR count). The van der Waals surface area contributed by atoms with Crippen LogP contribution in [-0.2, 0) is 12.8 Å². The van der Waals surface area contributed by atoms with Crippen LogP contribution in [0.1, 0.15) is 32.8 Å². The van der Waals surface area contributed by atoms with Gasteiger partial charge in [-0.05, 0) is 55.2 Å². The van der Waals surface area contributed by atoms with Crippen molar-refractivity contribution in [3.05, 3.63) is 44.2 Å². The van der Waals surface area contributed by atoms with E-state index in [0.717, 1.165) is 29.3 Å². The molecule has 1 amide bonds. The van der Waals surface area contributed by atoms with Gasteiger partial charge in [0.2, 0.25) is 0 Å². The van der Waals surface area contributed by atoms with Crippen LogP contribution in [0.15, 0.2) is 22.7 Å². The Morgan fingerprint density at radius 3 is 2.96 bits per heavy atom. The van der Waals surface area contributed by atoms with Crippen LogP contribution in [0.25, 0.3) is 0 Å². The molecule has 1 aromatic carbocycles. The summed E-state index contributed by atoms with van der Waals surface area (Å²) in [6.45, 7) is 0. The van der Waals surface area contributed by atoms with Gasteiger partial charge in [0.15, 0.2) is 5.11 Å². The Bertz CT molecular complexity index is 902. The number of aryl methyl sites for hydroxylation is 1. The first-order chi connectivity index (χ1) is 12.0. The highest BCUT2D eigenvalue weighted by Gasteiger charge is 2.23. The molecule has 1 heterocycles. The number of carbonyl (C=O) groups excluding carboxylic acids is 1. The minimum atomic E-state index is -0.377. The molecule has 0 atom stereocenters. The fraction of sp³-hybridized carbons (Fsp3) is 0.235. The molecular formula is C17H14BrN3O2S2. The quantitative estimate of drug-likeness (QED) is 0.712. The first kappa shape index (κ1) is 17.9. The van der Waals surface area contributed by atoms with Crippen molar-refractivity contribution < 1.29 is 9.53 Å². The van der Waals surface area contributed by atoms with E-state index in [1.54, 1.807) is 18.2 Å². The summed E-state index contributed by atoms with van der Waals surface area (Å²) in [4.78, 5) is 13.7. The number of ether oxygens (including phenoxy) is 1. The van der Waals surface area contributed by atoms with Gasteiger partial charge in [0.25, 0.3) is 5.91 Å². The van der Waals surface area contributed by atoms with Crippen LogP contribution in [-0.4, -0.2) is 18.1 Å². The van der Waals surface area contributed by atoms with Gasteiger partial charge in [0.1, 0.15) is 16.8 Å². The SMILES string of the molecule is COc1ccc(Br)cc1C(=O)NC(=S)Nc1sc2c(c1C#N)CCC2. The van der Waals surface area contributed by atoms with Crippen LogP contribution in [0.2, 0.25) is 0 Å². The predicted octanol–water partition coefficient (Wildman–Crippen LogP) is 4.01. The summed E-state index contributed by atoms with van der Waals surface area (Å²) in [5, 5.41) is 15.9. The normalized spacial score (nSPS) is 12.2. The zero-order chi connectivity index (χ0) is 18.0. The zero-order valence-electron chi connectivity index (χ0n) is 13.3. The Balaban J connectivity index is 1.75. The Labute approximate surface area is 163 Å². The number of thiocarbonyl (C=S) groups is 1. The van der Waals surface area contributed by atoms with Crippen molar-refractivity contribution in [2.24, 2.45) is 0 Å². The van der Waals surface area contributed by atoms with E-state index in [-0.39, 0.29) is 11.0 Å². The van der Waals surface area contributed by atoms with Crippen molar-refractivity contribution in [3.8, 4) is 11.8 Å². The second kappa shape index (κ2) is 7.52. The summed E-state index contributed by atoms with van der Waals surface area (Å²) in [6, 6.07) is 7.40. The van der Waals surface area contributed by atoms with Gasteiger partial charge >= 0.3 is 0 Å². The molecule has 2 aromatic rings. The maximum absolute atomic E-state index is 12.5. The molecule has 0 saturated heterocycles. The van der Waals surface area contributed by atoms with Crippen molar-refractivity contribution in [2.45, 2.75) is 19.3 Å². The fourth-order valence-electron chi connectivity index (χ4n) is 2.77. The number of carbonyl (C=O) groups is 1. The molecule has 1 aromatic heterocycles. The molecule has 0 saturated carbocycles. The van der Waals surface area contributed by atoms with E-state index in [4.69, 9.17) is 17.0 Å². The summed E-state index contributed by atoms with van der Waals surface area (Å²) in [6.07, 6.45) is 3.00. The lowest BCUT2D eigenvalue weighted by Gasteiger charge is -2.11. The van der Waals surface area contributed by atoms with Gasteiger partial charge in [-0.2, -0.15) is 5.26 Å². The molecule has 1 aliphatic rings. The second-order valence-electron chi connectivity index (χ2n) is 5.43. The van der Waals surface area contributed by atoms with E-state index < -0.39 is 0 Å². The van der Waals surface area contributed by atoms with E-state index in [9.17, 15) is 10.1 Å². The van der Waals surface area contributed by atoms with Crippen LogP contribution in [0.5, 0.6) is 5.75 Å². The van der Waals surface area contributed by atoms with Gasteiger partial charge in [-0.15, -0.1) is 11.3 Å². The number of thiophene rings is 1. The van der Waals surface area contributed by atoms with E-state index in [0.29, 0.717) is 21.9 Å². The molecule has 25 heavy (non-hydrogen) atoms. The van der Waals surface area contributed by atoms with Crippen LogP contribution in [0.3, 0.4) is 0 Å². The van der Waals surface area contributed by atoms with Gasteiger partial charge in [0.05, 0.1) is 18.2 Å². The lowest BCUT2D eigenvalue weighted by molar-refractivity contribution is 0.0974. The maximum atomic E-state index is 12.5. The molecule has 0 fully saturated rings. The van der Waals surface area contributed by atoms with Crippen LogP contribution in [0, 0.1) is 11.3 Å². The largest absolute Gasteiger partial charge is 0.496 e. The lowest BCUT2D eigenvalue weighted by Crippen LogP contribution is -2.34. The first-order valence-corrected chi connectivity index (χ1v) is 9.55. The number of amides is 1. The number of nitrogens with one attached hydrogen (secondary N) is 2. The van der Waals surface area contributed by atoms with Crippen molar-refractivity contribution in [2.75, 3.05) is 12.4 Å². The number of nitrogens with zero attached hydrogens (tertiary/aromatic N) is 1. The Morgan fingerprint density at radius 1 is 1.44 bits per heavy atom. The van der Waals surface area contributed by atoms with Gasteiger partial charge < -0.3 is 10.1 Å². The number of nitriles is 1. The molecule has 0 bridgehead atoms. The zero-order valence-corrected chi connectivity index (χ0v) is 16.5. The number of methoxy groups -OCH3 is 1. The number of fused-ring (bicyclic) bond motifs is 1. The van der Waals surface area contributed by atoms with Gasteiger partial charge in [-0.1, -0.05) is 15.9 Å². The minimum absolute atomic E-state index is 0.156. The van der Waals surface area contributed by atoms with E-state index >= 15 is 0 Å². The molecule has 128 valence electrons. The topological polar surface area (TPSA) is 74.2 Å². The van der Waals surface area contributed by atoms with Crippen molar-refractivity contribution in [1.29, 1.82) is 5.26 Å². The van der Waals surface area contributed by atoms with Crippen molar-refractivity contribution >= 4 is 55.5 Å². The van der Waals surface area contributed by atoms with Crippen LogP contribution in [0.4, 0.5) is 5.00 Å². The number of rotatable bonds is 3. The third-order valence-corrected chi connectivity index (χ3v) is 5.80. The molecule has 5 nitrogen and oxygen atoms in total. The van der Waals surface area contributed by atoms with E-state index in [2.05, 4.69) is 32.6 Å². The van der Waals surface area contributed by atoms with Gasteiger partial charge in [-0.25, -0.2) is 0 Å². The van der Waals surface area contributed by atoms with Crippen LogP contribution < -0.4 is 15.4 Å².